The van der Waals surface area contributed by atoms with Crippen LogP contribution >= 0.6 is 11.3 Å². The first-order valence-corrected chi connectivity index (χ1v) is 11.5. The Kier molecular flexibility index (Phi) is 5.67. The number of amides is 1. The van der Waals surface area contributed by atoms with Crippen LogP contribution in [0.1, 0.15) is 23.8 Å². The topological polar surface area (TPSA) is 42.4 Å². The minimum absolute atomic E-state index is 0.0469. The summed E-state index contributed by atoms with van der Waals surface area (Å²) in [5.41, 5.74) is 3.17. The van der Waals surface area contributed by atoms with E-state index in [1.54, 1.807) is 11.3 Å². The Morgan fingerprint density at radius 1 is 0.935 bits per heavy atom. The molecule has 5 heteroatoms. The summed E-state index contributed by atoms with van der Waals surface area (Å²) in [7, 11) is 0. The number of piperidine rings is 1. The molecule has 0 aliphatic carbocycles. The minimum Gasteiger partial charge on any atom is -0.483 e. The molecule has 1 saturated heterocycles. The largest absolute Gasteiger partial charge is 0.483 e. The van der Waals surface area contributed by atoms with Gasteiger partial charge in [-0.05, 0) is 36.6 Å². The molecule has 156 valence electrons. The monoisotopic (exact) mass is 428 g/mol. The molecule has 4 aromatic rings. The molecule has 3 aromatic carbocycles. The lowest BCUT2D eigenvalue weighted by Crippen LogP contribution is -2.40. The number of hydrogen-bond donors (Lipinski definition) is 0. The van der Waals surface area contributed by atoms with Crippen LogP contribution in [-0.4, -0.2) is 35.5 Å². The number of benzene rings is 3. The van der Waals surface area contributed by atoms with Crippen LogP contribution in [0, 0.1) is 0 Å². The third kappa shape index (κ3) is 4.32. The lowest BCUT2D eigenvalue weighted by atomic mass is 9.97. The average molecular weight is 429 g/mol. The van der Waals surface area contributed by atoms with Crippen molar-refractivity contribution in [3.05, 3.63) is 83.9 Å². The summed E-state index contributed by atoms with van der Waals surface area (Å²) in [6.07, 6.45) is 1.90. The van der Waals surface area contributed by atoms with Crippen molar-refractivity contribution in [3.8, 4) is 16.9 Å². The van der Waals surface area contributed by atoms with Crippen molar-refractivity contribution in [2.75, 3.05) is 19.7 Å². The maximum Gasteiger partial charge on any atom is 0.260 e. The molecule has 0 spiro atoms. The van der Waals surface area contributed by atoms with Gasteiger partial charge in [-0.15, -0.1) is 11.3 Å². The van der Waals surface area contributed by atoms with Gasteiger partial charge in [0.05, 0.1) is 15.2 Å². The van der Waals surface area contributed by atoms with E-state index >= 15 is 0 Å². The van der Waals surface area contributed by atoms with Crippen LogP contribution in [0.3, 0.4) is 0 Å². The molecule has 0 unspecified atom stereocenters. The van der Waals surface area contributed by atoms with E-state index in [-0.39, 0.29) is 12.5 Å². The van der Waals surface area contributed by atoms with Gasteiger partial charge < -0.3 is 9.64 Å². The third-order valence-corrected chi connectivity index (χ3v) is 7.03. The number of fused-ring (bicyclic) bond motifs is 1. The van der Waals surface area contributed by atoms with Crippen LogP contribution in [0.2, 0.25) is 0 Å². The molecule has 1 aliphatic heterocycles. The first-order valence-electron chi connectivity index (χ1n) is 10.7. The highest BCUT2D eigenvalue weighted by Crippen LogP contribution is 2.34. The molecule has 4 nitrogen and oxygen atoms in total. The first-order chi connectivity index (χ1) is 15.3. The molecule has 0 bridgehead atoms. The Balaban J connectivity index is 1.19. The van der Waals surface area contributed by atoms with E-state index < -0.39 is 0 Å². The molecule has 5 rings (SSSR count). The number of carbonyl (C=O) groups is 1. The number of ether oxygens (including phenoxy) is 1. The van der Waals surface area contributed by atoms with Crippen LogP contribution < -0.4 is 4.74 Å². The fraction of sp³-hybridized carbons (Fsp3) is 0.231. The lowest BCUT2D eigenvalue weighted by molar-refractivity contribution is -0.134. The minimum atomic E-state index is 0.0469. The molecule has 1 aromatic heterocycles. The van der Waals surface area contributed by atoms with Gasteiger partial charge in [-0.2, -0.15) is 0 Å². The zero-order valence-electron chi connectivity index (χ0n) is 17.2. The Morgan fingerprint density at radius 3 is 2.45 bits per heavy atom. The molecule has 0 saturated carbocycles. The maximum atomic E-state index is 12.8. The zero-order valence-corrected chi connectivity index (χ0v) is 18.1. The summed E-state index contributed by atoms with van der Waals surface area (Å²) in [6, 6.07) is 26.3. The van der Waals surface area contributed by atoms with E-state index in [4.69, 9.17) is 9.72 Å². The smallest absolute Gasteiger partial charge is 0.260 e. The van der Waals surface area contributed by atoms with E-state index in [2.05, 4.69) is 30.3 Å². The quantitative estimate of drug-likeness (QED) is 0.407. The summed E-state index contributed by atoms with van der Waals surface area (Å²) in [6.45, 7) is 1.57. The van der Waals surface area contributed by atoms with Crippen molar-refractivity contribution < 1.29 is 9.53 Å². The molecular formula is C26H24N2O2S. The fourth-order valence-electron chi connectivity index (χ4n) is 4.12. The number of aromatic nitrogens is 1. The number of para-hydroxylation sites is 2. The number of thiazole rings is 1. The Labute approximate surface area is 186 Å². The number of carbonyl (C=O) groups excluding carboxylic acids is 1. The number of hydrogen-bond acceptors (Lipinski definition) is 4. The van der Waals surface area contributed by atoms with E-state index in [1.807, 2.05) is 53.4 Å². The van der Waals surface area contributed by atoms with E-state index in [0.29, 0.717) is 5.92 Å². The van der Waals surface area contributed by atoms with Gasteiger partial charge >= 0.3 is 0 Å². The van der Waals surface area contributed by atoms with Gasteiger partial charge in [0.15, 0.2) is 6.61 Å². The molecular weight excluding hydrogens is 404 g/mol. The zero-order chi connectivity index (χ0) is 21.0. The highest BCUT2D eigenvalue weighted by molar-refractivity contribution is 7.18. The van der Waals surface area contributed by atoms with Crippen LogP contribution in [0.5, 0.6) is 5.75 Å². The van der Waals surface area contributed by atoms with Gasteiger partial charge in [-0.3, -0.25) is 4.79 Å². The highest BCUT2D eigenvalue weighted by Gasteiger charge is 2.26. The molecule has 0 N–H and O–H groups in total. The van der Waals surface area contributed by atoms with Crippen molar-refractivity contribution in [2.24, 2.45) is 0 Å². The number of rotatable bonds is 5. The van der Waals surface area contributed by atoms with Gasteiger partial charge in [0.1, 0.15) is 5.75 Å². The van der Waals surface area contributed by atoms with Crippen molar-refractivity contribution in [1.82, 2.24) is 9.88 Å². The van der Waals surface area contributed by atoms with Gasteiger partial charge in [-0.25, -0.2) is 4.98 Å². The van der Waals surface area contributed by atoms with E-state index in [0.717, 1.165) is 48.3 Å². The summed E-state index contributed by atoms with van der Waals surface area (Å²) in [4.78, 5) is 19.5. The SMILES string of the molecule is O=C(COc1ccccc1-c1ccccc1)N1CCC(c2nc3ccccc3s2)CC1. The molecule has 31 heavy (non-hydrogen) atoms. The van der Waals surface area contributed by atoms with Crippen molar-refractivity contribution in [3.63, 3.8) is 0 Å². The third-order valence-electron chi connectivity index (χ3n) is 5.83. The standard InChI is InChI=1S/C26H24N2O2S/c29-25(18-30-23-12-6-4-10-21(23)19-8-2-1-3-9-19)28-16-14-20(15-17-28)26-27-22-11-5-7-13-24(22)31-26/h1-13,20H,14-18H2. The molecule has 1 fully saturated rings. The van der Waals surface area contributed by atoms with Crippen LogP contribution in [0.25, 0.3) is 21.3 Å². The summed E-state index contributed by atoms with van der Waals surface area (Å²) in [5, 5.41) is 1.20. The Bertz CT molecular complexity index is 1150. The molecule has 1 aliphatic rings. The normalized spacial score (nSPS) is 14.6. The van der Waals surface area contributed by atoms with Crippen molar-refractivity contribution in [2.45, 2.75) is 18.8 Å². The van der Waals surface area contributed by atoms with Crippen molar-refractivity contribution in [1.29, 1.82) is 0 Å². The summed E-state index contributed by atoms with van der Waals surface area (Å²) >= 11 is 1.78. The van der Waals surface area contributed by atoms with Crippen molar-refractivity contribution >= 4 is 27.5 Å². The molecule has 2 heterocycles. The number of likely N-dealkylation sites (tertiary alicyclic amines) is 1. The van der Waals surface area contributed by atoms with E-state index in [9.17, 15) is 4.79 Å². The lowest BCUT2D eigenvalue weighted by Gasteiger charge is -2.31. The van der Waals surface area contributed by atoms with Gasteiger partial charge in [-0.1, -0.05) is 60.7 Å². The molecule has 0 radical (unpaired) electrons. The van der Waals surface area contributed by atoms with Crippen LogP contribution in [0.4, 0.5) is 0 Å². The summed E-state index contributed by atoms with van der Waals surface area (Å²) in [5.74, 6) is 1.22. The van der Waals surface area contributed by atoms with Gasteiger partial charge in [0.25, 0.3) is 5.91 Å². The van der Waals surface area contributed by atoms with E-state index in [1.165, 1.54) is 9.71 Å². The fourth-order valence-corrected chi connectivity index (χ4v) is 5.26. The second-order valence-corrected chi connectivity index (χ2v) is 8.89. The number of nitrogens with zero attached hydrogens (tertiary/aromatic N) is 2. The second kappa shape index (κ2) is 8.90. The highest BCUT2D eigenvalue weighted by atomic mass is 32.1. The molecule has 0 atom stereocenters. The van der Waals surface area contributed by atoms with Crippen LogP contribution in [-0.2, 0) is 4.79 Å². The van der Waals surface area contributed by atoms with Crippen LogP contribution in [0.15, 0.2) is 78.9 Å². The Hall–Kier alpha value is -3.18. The summed E-state index contributed by atoms with van der Waals surface area (Å²) < 4.78 is 7.19. The maximum absolute atomic E-state index is 12.8. The second-order valence-electron chi connectivity index (χ2n) is 7.83. The molecule has 1 amide bonds. The van der Waals surface area contributed by atoms with Gasteiger partial charge in [0.2, 0.25) is 0 Å². The predicted molar refractivity (Wildman–Crippen MR) is 126 cm³/mol. The predicted octanol–water partition coefficient (Wildman–Crippen LogP) is 5.75. The Morgan fingerprint density at radius 2 is 1.65 bits per heavy atom. The first kappa shape index (κ1) is 19.8. The van der Waals surface area contributed by atoms with Gasteiger partial charge in [0, 0.05) is 24.6 Å². The average Bonchev–Trinajstić information content (AvgIpc) is 3.28.